The molecule has 0 heterocycles. The molecule has 4 unspecified atom stereocenters. The Morgan fingerprint density at radius 3 is 1.22 bits per heavy atom. The molecule has 0 spiro atoms. The van der Waals surface area contributed by atoms with E-state index in [-0.39, 0.29) is 44.0 Å². The van der Waals surface area contributed by atoms with Gasteiger partial charge in [-0.05, 0) is 23.7 Å². The van der Waals surface area contributed by atoms with Crippen molar-refractivity contribution in [1.29, 1.82) is 0 Å². The molecule has 1 nitrogen and oxygen atoms in total. The Morgan fingerprint density at radius 1 is 0.722 bits per heavy atom. The van der Waals surface area contributed by atoms with Crippen LogP contribution in [0.15, 0.2) is 0 Å². The largest absolute Gasteiger partial charge is 4.00 e. The van der Waals surface area contributed by atoms with Crippen molar-refractivity contribution in [1.82, 2.24) is 0 Å². The van der Waals surface area contributed by atoms with Gasteiger partial charge in [0, 0.05) is 0 Å². The van der Waals surface area contributed by atoms with E-state index in [1.807, 2.05) is 7.05 Å². The molecule has 3 heteroatoms. The fraction of sp³-hybridized carbons (Fsp3) is 0.800. The van der Waals surface area contributed by atoms with Crippen LogP contribution in [0, 0.1) is 46.0 Å². The number of hydrogen-bond acceptors (Lipinski definition) is 0. The first kappa shape index (κ1) is 27.3. The SMILES string of the molecule is C[N-][Si](C)(C)C1C(C)C(C)[C@@H](C)C1C.[CH3-].[CH3-].[CH3-].[Ti+4]. The summed E-state index contributed by atoms with van der Waals surface area (Å²) < 4.78 is 0. The molecule has 0 saturated heterocycles. The molecular weight excluding hydrogens is 270 g/mol. The molecule has 1 rings (SSSR count). The molecule has 0 N–H and O–H groups in total. The van der Waals surface area contributed by atoms with E-state index in [4.69, 9.17) is 4.98 Å². The maximum Gasteiger partial charge on any atom is 4.00 e. The van der Waals surface area contributed by atoms with E-state index in [0.717, 1.165) is 29.2 Å². The van der Waals surface area contributed by atoms with Crippen LogP contribution in [0.4, 0.5) is 0 Å². The number of rotatable bonds is 2. The van der Waals surface area contributed by atoms with E-state index < -0.39 is 8.24 Å². The second-order valence-corrected chi connectivity index (χ2v) is 10.3. The number of nitrogens with zero attached hydrogens (tertiary/aromatic N) is 1. The van der Waals surface area contributed by atoms with Gasteiger partial charge in [0.2, 0.25) is 0 Å². The van der Waals surface area contributed by atoms with E-state index in [0.29, 0.717) is 0 Å². The van der Waals surface area contributed by atoms with Crippen LogP contribution in [0.3, 0.4) is 0 Å². The average Bonchev–Trinajstić information content (AvgIpc) is 2.31. The zero-order valence-electron chi connectivity index (χ0n) is 14.3. The molecular formula is C15H35NSiTi. The summed E-state index contributed by atoms with van der Waals surface area (Å²) in [6.07, 6.45) is 0. The van der Waals surface area contributed by atoms with E-state index in [2.05, 4.69) is 40.8 Å². The summed E-state index contributed by atoms with van der Waals surface area (Å²) in [5.41, 5.74) is 0.887. The molecule has 5 atom stereocenters. The van der Waals surface area contributed by atoms with Crippen molar-refractivity contribution < 1.29 is 21.7 Å². The third-order valence-corrected chi connectivity index (χ3v) is 8.85. The topological polar surface area (TPSA) is 14.1 Å². The molecule has 0 aromatic carbocycles. The maximum atomic E-state index is 4.71. The van der Waals surface area contributed by atoms with Crippen LogP contribution in [0.2, 0.25) is 18.6 Å². The summed E-state index contributed by atoms with van der Waals surface area (Å²) in [5, 5.41) is 0. The Morgan fingerprint density at radius 2 is 1.00 bits per heavy atom. The molecule has 18 heavy (non-hydrogen) atoms. The zero-order chi connectivity index (χ0) is 11.1. The second-order valence-electron chi connectivity index (χ2n) is 5.84. The van der Waals surface area contributed by atoms with Crippen molar-refractivity contribution in [3.05, 3.63) is 27.3 Å². The van der Waals surface area contributed by atoms with Gasteiger partial charge >= 0.3 is 21.7 Å². The van der Waals surface area contributed by atoms with Crippen LogP contribution in [0.25, 0.3) is 4.98 Å². The van der Waals surface area contributed by atoms with Crippen molar-refractivity contribution in [3.63, 3.8) is 0 Å². The summed E-state index contributed by atoms with van der Waals surface area (Å²) in [4.78, 5) is 4.71. The molecule has 1 fully saturated rings. The second kappa shape index (κ2) is 9.74. The molecule has 0 aromatic rings. The standard InChI is InChI=1S/C12H26NSi.3CH3.Ti/c1-8-9(2)11(4)12(10(8)3)14(6,7)13-5;;;;/h8-12H,1-7H3;3*1H3;/q4*-1;+4/t8-,9?,10?,11?,12?;;;;/m1..../s1. The molecule has 0 aliphatic heterocycles. The smallest absolute Gasteiger partial charge is 0.667 e. The van der Waals surface area contributed by atoms with Gasteiger partial charge in [0.1, 0.15) is 0 Å². The van der Waals surface area contributed by atoms with Gasteiger partial charge in [-0.3, -0.25) is 0 Å². The average molecular weight is 305 g/mol. The normalized spacial score (nSPS) is 34.5. The van der Waals surface area contributed by atoms with Crippen molar-refractivity contribution in [2.45, 2.75) is 46.3 Å². The van der Waals surface area contributed by atoms with Crippen molar-refractivity contribution >= 4 is 8.24 Å². The Balaban J connectivity index is -0.000000245. The summed E-state index contributed by atoms with van der Waals surface area (Å²) >= 11 is 0. The summed E-state index contributed by atoms with van der Waals surface area (Å²) in [7, 11) is 0.698. The van der Waals surface area contributed by atoms with Crippen LogP contribution in [0.5, 0.6) is 0 Å². The Kier molecular flexibility index (Phi) is 14.8. The minimum atomic E-state index is -1.33. The van der Waals surface area contributed by atoms with Crippen molar-refractivity contribution in [3.8, 4) is 0 Å². The van der Waals surface area contributed by atoms with E-state index in [1.54, 1.807) is 0 Å². The molecule has 0 bridgehead atoms. The molecule has 0 aromatic heterocycles. The summed E-state index contributed by atoms with van der Waals surface area (Å²) in [6, 6.07) is 0. The van der Waals surface area contributed by atoms with Crippen LogP contribution >= 0.6 is 0 Å². The van der Waals surface area contributed by atoms with Gasteiger partial charge in [-0.2, -0.15) is 7.05 Å². The van der Waals surface area contributed by atoms with Crippen LogP contribution in [-0.4, -0.2) is 15.3 Å². The fourth-order valence-electron chi connectivity index (χ4n) is 3.53. The zero-order valence-corrected chi connectivity index (χ0v) is 16.9. The fourth-order valence-corrected chi connectivity index (χ4v) is 7.00. The summed E-state index contributed by atoms with van der Waals surface area (Å²) in [6.45, 7) is 14.6. The van der Waals surface area contributed by atoms with Gasteiger partial charge in [0.15, 0.2) is 0 Å². The van der Waals surface area contributed by atoms with Gasteiger partial charge < -0.3 is 27.3 Å². The predicted octanol–water partition coefficient (Wildman–Crippen LogP) is 5.47. The van der Waals surface area contributed by atoms with Crippen LogP contribution < -0.4 is 0 Å². The van der Waals surface area contributed by atoms with E-state index in [9.17, 15) is 0 Å². The molecule has 108 valence electrons. The van der Waals surface area contributed by atoms with Crippen molar-refractivity contribution in [2.75, 3.05) is 7.05 Å². The quantitative estimate of drug-likeness (QED) is 0.474. The molecule has 1 aliphatic carbocycles. The Bertz CT molecular complexity index is 195. The Hall–Kier alpha value is 0.891. The van der Waals surface area contributed by atoms with Crippen LogP contribution in [-0.2, 0) is 21.7 Å². The van der Waals surface area contributed by atoms with Gasteiger partial charge in [-0.15, -0.1) is 0 Å². The minimum absolute atomic E-state index is 0. The first-order valence-corrected chi connectivity index (χ1v) is 8.96. The third kappa shape index (κ3) is 4.77. The monoisotopic (exact) mass is 305 g/mol. The van der Waals surface area contributed by atoms with Crippen molar-refractivity contribution in [2.24, 2.45) is 23.7 Å². The van der Waals surface area contributed by atoms with E-state index in [1.165, 1.54) is 0 Å². The minimum Gasteiger partial charge on any atom is -0.667 e. The van der Waals surface area contributed by atoms with Gasteiger partial charge in [0.05, 0.1) is 0 Å². The molecule has 1 aliphatic rings. The molecule has 0 radical (unpaired) electrons. The summed E-state index contributed by atoms with van der Waals surface area (Å²) in [5.74, 6) is 3.49. The van der Waals surface area contributed by atoms with Gasteiger partial charge in [-0.25, -0.2) is 0 Å². The van der Waals surface area contributed by atoms with Crippen LogP contribution in [0.1, 0.15) is 27.7 Å². The number of hydrogen-bond donors (Lipinski definition) is 0. The first-order chi connectivity index (χ1) is 6.33. The third-order valence-electron chi connectivity index (χ3n) is 5.01. The van der Waals surface area contributed by atoms with Gasteiger partial charge in [-0.1, -0.05) is 54.6 Å². The predicted molar refractivity (Wildman–Crippen MR) is 86.4 cm³/mol. The molecule has 1 saturated carbocycles. The Labute approximate surface area is 134 Å². The first-order valence-electron chi connectivity index (χ1n) is 5.94. The maximum absolute atomic E-state index is 4.71. The molecule has 0 amide bonds. The van der Waals surface area contributed by atoms with Gasteiger partial charge in [0.25, 0.3) is 0 Å². The van der Waals surface area contributed by atoms with E-state index >= 15 is 0 Å².